The van der Waals surface area contributed by atoms with E-state index in [0.717, 1.165) is 25.2 Å². The van der Waals surface area contributed by atoms with Gasteiger partial charge in [0.2, 0.25) is 5.91 Å². The van der Waals surface area contributed by atoms with Crippen molar-refractivity contribution < 1.29 is 9.53 Å². The van der Waals surface area contributed by atoms with Gasteiger partial charge in [-0.05, 0) is 13.3 Å². The van der Waals surface area contributed by atoms with Crippen LogP contribution in [0.5, 0.6) is 0 Å². The first-order valence-corrected chi connectivity index (χ1v) is 7.22. The third-order valence-corrected chi connectivity index (χ3v) is 3.94. The number of hydrogen-bond acceptors (Lipinski definition) is 5. The number of rotatable bonds is 3. The first-order chi connectivity index (χ1) is 9.72. The third kappa shape index (κ3) is 2.99. The van der Waals surface area contributed by atoms with Crippen LogP contribution in [0.1, 0.15) is 19.2 Å². The molecule has 2 aliphatic heterocycles. The third-order valence-electron chi connectivity index (χ3n) is 3.94. The van der Waals surface area contributed by atoms with Crippen LogP contribution in [0, 0.1) is 0 Å². The van der Waals surface area contributed by atoms with Crippen molar-refractivity contribution >= 4 is 5.91 Å². The van der Waals surface area contributed by atoms with Gasteiger partial charge in [0.15, 0.2) is 0 Å². The smallest absolute Gasteiger partial charge is 0.236 e. The second-order valence-corrected chi connectivity index (χ2v) is 5.50. The molecule has 1 aromatic rings. The van der Waals surface area contributed by atoms with E-state index in [1.165, 1.54) is 0 Å². The molecule has 3 rings (SSSR count). The average Bonchev–Trinajstić information content (AvgIpc) is 2.92. The highest BCUT2D eigenvalue weighted by atomic mass is 16.5. The molecular formula is C13H21N5O2. The SMILES string of the molecule is C[C@H]1CN(C(=O)CN[C@H]2CCc3ncnn3C2)CCO1. The van der Waals surface area contributed by atoms with Crippen LogP contribution in [-0.2, 0) is 22.5 Å². The number of aryl methyl sites for hydroxylation is 1. The summed E-state index contributed by atoms with van der Waals surface area (Å²) in [4.78, 5) is 18.2. The van der Waals surface area contributed by atoms with Crippen LogP contribution in [0.25, 0.3) is 0 Å². The Hall–Kier alpha value is -1.47. The number of nitrogens with one attached hydrogen (secondary N) is 1. The molecule has 7 heteroatoms. The fourth-order valence-corrected chi connectivity index (χ4v) is 2.79. The molecule has 0 unspecified atom stereocenters. The molecule has 0 radical (unpaired) electrons. The lowest BCUT2D eigenvalue weighted by molar-refractivity contribution is -0.137. The maximum atomic E-state index is 12.2. The number of carbonyl (C=O) groups is 1. The molecule has 3 heterocycles. The van der Waals surface area contributed by atoms with E-state index >= 15 is 0 Å². The summed E-state index contributed by atoms with van der Waals surface area (Å²) in [5.41, 5.74) is 0. The van der Waals surface area contributed by atoms with E-state index in [0.29, 0.717) is 32.3 Å². The van der Waals surface area contributed by atoms with Crippen LogP contribution in [0.3, 0.4) is 0 Å². The molecule has 0 aromatic carbocycles. The van der Waals surface area contributed by atoms with E-state index in [-0.39, 0.29) is 12.0 Å². The van der Waals surface area contributed by atoms with Crippen molar-refractivity contribution in [1.82, 2.24) is 25.0 Å². The topological polar surface area (TPSA) is 72.3 Å². The van der Waals surface area contributed by atoms with E-state index in [9.17, 15) is 4.79 Å². The predicted molar refractivity (Wildman–Crippen MR) is 72.1 cm³/mol. The Morgan fingerprint density at radius 3 is 3.30 bits per heavy atom. The van der Waals surface area contributed by atoms with E-state index in [1.807, 2.05) is 16.5 Å². The summed E-state index contributed by atoms with van der Waals surface area (Å²) in [6.45, 7) is 5.21. The van der Waals surface area contributed by atoms with Crippen molar-refractivity contribution in [2.75, 3.05) is 26.2 Å². The van der Waals surface area contributed by atoms with Gasteiger partial charge in [-0.1, -0.05) is 0 Å². The summed E-state index contributed by atoms with van der Waals surface area (Å²) in [6.07, 6.45) is 3.66. The molecule has 110 valence electrons. The van der Waals surface area contributed by atoms with Gasteiger partial charge >= 0.3 is 0 Å². The maximum absolute atomic E-state index is 12.2. The molecule has 0 saturated carbocycles. The molecule has 7 nitrogen and oxygen atoms in total. The fourth-order valence-electron chi connectivity index (χ4n) is 2.79. The van der Waals surface area contributed by atoms with Crippen molar-refractivity contribution in [1.29, 1.82) is 0 Å². The summed E-state index contributed by atoms with van der Waals surface area (Å²) < 4.78 is 7.37. The van der Waals surface area contributed by atoms with Crippen LogP contribution in [0.2, 0.25) is 0 Å². The molecule has 1 N–H and O–H groups in total. The van der Waals surface area contributed by atoms with E-state index in [1.54, 1.807) is 6.33 Å². The lowest BCUT2D eigenvalue weighted by atomic mass is 10.1. The van der Waals surface area contributed by atoms with Crippen molar-refractivity contribution in [3.63, 3.8) is 0 Å². The largest absolute Gasteiger partial charge is 0.375 e. The van der Waals surface area contributed by atoms with Gasteiger partial charge in [0.05, 0.1) is 25.8 Å². The summed E-state index contributed by atoms with van der Waals surface area (Å²) in [5.74, 6) is 1.20. The average molecular weight is 279 g/mol. The van der Waals surface area contributed by atoms with Gasteiger partial charge < -0.3 is 15.0 Å². The van der Waals surface area contributed by atoms with E-state index < -0.39 is 0 Å². The minimum Gasteiger partial charge on any atom is -0.375 e. The number of morpholine rings is 1. The molecule has 1 amide bonds. The summed E-state index contributed by atoms with van der Waals surface area (Å²) in [7, 11) is 0. The van der Waals surface area contributed by atoms with Gasteiger partial charge in [0.25, 0.3) is 0 Å². The number of amides is 1. The number of ether oxygens (including phenoxy) is 1. The molecule has 0 aliphatic carbocycles. The van der Waals surface area contributed by atoms with Crippen LogP contribution in [0.4, 0.5) is 0 Å². The molecule has 2 aliphatic rings. The monoisotopic (exact) mass is 279 g/mol. The normalized spacial score (nSPS) is 26.4. The zero-order valence-corrected chi connectivity index (χ0v) is 11.8. The standard InChI is InChI=1S/C13H21N5O2/c1-10-7-17(4-5-20-10)13(19)6-14-11-2-3-12-15-9-16-18(12)8-11/h9-11,14H,2-8H2,1H3/t10-,11-/m0/s1. The van der Waals surface area contributed by atoms with Gasteiger partial charge in [0.1, 0.15) is 12.2 Å². The number of carbonyl (C=O) groups excluding carboxylic acids is 1. The highest BCUT2D eigenvalue weighted by Gasteiger charge is 2.23. The second kappa shape index (κ2) is 5.88. The van der Waals surface area contributed by atoms with E-state index in [4.69, 9.17) is 4.74 Å². The highest BCUT2D eigenvalue weighted by Crippen LogP contribution is 2.11. The number of aromatic nitrogens is 3. The Morgan fingerprint density at radius 1 is 1.55 bits per heavy atom. The second-order valence-electron chi connectivity index (χ2n) is 5.50. The Kier molecular flexibility index (Phi) is 3.98. The van der Waals surface area contributed by atoms with Gasteiger partial charge in [-0.2, -0.15) is 5.10 Å². The summed E-state index contributed by atoms with van der Waals surface area (Å²) in [6, 6.07) is 0.298. The maximum Gasteiger partial charge on any atom is 0.236 e. The molecule has 20 heavy (non-hydrogen) atoms. The first-order valence-electron chi connectivity index (χ1n) is 7.22. The summed E-state index contributed by atoms with van der Waals surface area (Å²) >= 11 is 0. The van der Waals surface area contributed by atoms with Crippen LogP contribution in [-0.4, -0.2) is 64.0 Å². The molecule has 1 aromatic heterocycles. The Morgan fingerprint density at radius 2 is 2.45 bits per heavy atom. The van der Waals surface area contributed by atoms with Crippen molar-refractivity contribution in [2.24, 2.45) is 0 Å². The van der Waals surface area contributed by atoms with Crippen molar-refractivity contribution in [3.05, 3.63) is 12.2 Å². The number of hydrogen-bond donors (Lipinski definition) is 1. The Bertz CT molecular complexity index is 475. The van der Waals surface area contributed by atoms with Crippen LogP contribution < -0.4 is 5.32 Å². The minimum atomic E-state index is 0.139. The molecular weight excluding hydrogens is 258 g/mol. The zero-order chi connectivity index (χ0) is 13.9. The predicted octanol–water partition coefficient (Wildman–Crippen LogP) is -0.570. The quantitative estimate of drug-likeness (QED) is 0.802. The van der Waals surface area contributed by atoms with Gasteiger partial charge in [0, 0.05) is 25.6 Å². The zero-order valence-electron chi connectivity index (χ0n) is 11.8. The molecule has 0 spiro atoms. The van der Waals surface area contributed by atoms with Crippen molar-refractivity contribution in [2.45, 2.75) is 38.5 Å². The van der Waals surface area contributed by atoms with Crippen LogP contribution >= 0.6 is 0 Å². The Balaban J connectivity index is 1.47. The van der Waals surface area contributed by atoms with Crippen LogP contribution in [0.15, 0.2) is 6.33 Å². The molecule has 1 saturated heterocycles. The molecule has 0 bridgehead atoms. The summed E-state index contributed by atoms with van der Waals surface area (Å²) in [5, 5.41) is 7.53. The van der Waals surface area contributed by atoms with Gasteiger partial charge in [-0.15, -0.1) is 0 Å². The highest BCUT2D eigenvalue weighted by molar-refractivity contribution is 5.78. The number of nitrogens with zero attached hydrogens (tertiary/aromatic N) is 4. The minimum absolute atomic E-state index is 0.139. The van der Waals surface area contributed by atoms with Crippen molar-refractivity contribution in [3.8, 4) is 0 Å². The lowest BCUT2D eigenvalue weighted by Crippen LogP contribution is -2.49. The van der Waals surface area contributed by atoms with Gasteiger partial charge in [-0.25, -0.2) is 9.67 Å². The van der Waals surface area contributed by atoms with Gasteiger partial charge in [-0.3, -0.25) is 4.79 Å². The molecule has 2 atom stereocenters. The lowest BCUT2D eigenvalue weighted by Gasteiger charge is -2.32. The fraction of sp³-hybridized carbons (Fsp3) is 0.769. The Labute approximate surface area is 118 Å². The first kappa shape index (κ1) is 13.5. The number of fused-ring (bicyclic) bond motifs is 1. The van der Waals surface area contributed by atoms with E-state index in [2.05, 4.69) is 15.4 Å². The molecule has 1 fully saturated rings.